The lowest BCUT2D eigenvalue weighted by molar-refractivity contribution is 0.191. The number of hydrogen-bond donors (Lipinski definition) is 2. The van der Waals surface area contributed by atoms with Gasteiger partial charge in [0.05, 0.1) is 5.51 Å². The first-order chi connectivity index (χ1) is 5.68. The highest BCUT2D eigenvalue weighted by Crippen LogP contribution is 2.07. The second-order valence-corrected chi connectivity index (χ2v) is 3.49. The van der Waals surface area contributed by atoms with E-state index in [4.69, 9.17) is 5.11 Å². The summed E-state index contributed by atoms with van der Waals surface area (Å²) in [6.07, 6.45) is 1.48. The van der Waals surface area contributed by atoms with Crippen molar-refractivity contribution in [2.75, 3.05) is 0 Å². The second-order valence-electron chi connectivity index (χ2n) is 2.52. The number of aromatic nitrogens is 1. The number of thiazole rings is 1. The number of carboxylic acid groups (broad SMARTS) is 1. The van der Waals surface area contributed by atoms with E-state index in [-0.39, 0.29) is 6.04 Å². The Morgan fingerprint density at radius 3 is 3.17 bits per heavy atom. The van der Waals surface area contributed by atoms with Gasteiger partial charge in [-0.3, -0.25) is 4.98 Å². The number of hydrogen-bond acceptors (Lipinski definition) is 3. The average molecular weight is 186 g/mol. The van der Waals surface area contributed by atoms with Gasteiger partial charge in [0.25, 0.3) is 0 Å². The van der Waals surface area contributed by atoms with Crippen molar-refractivity contribution < 1.29 is 9.90 Å². The Hall–Kier alpha value is -1.10. The summed E-state index contributed by atoms with van der Waals surface area (Å²) in [6.45, 7) is 1.83. The third-order valence-electron chi connectivity index (χ3n) is 1.36. The zero-order valence-corrected chi connectivity index (χ0v) is 7.47. The van der Waals surface area contributed by atoms with Crippen molar-refractivity contribution in [3.63, 3.8) is 0 Å². The van der Waals surface area contributed by atoms with Gasteiger partial charge >= 0.3 is 6.09 Å². The fraction of sp³-hybridized carbons (Fsp3) is 0.429. The van der Waals surface area contributed by atoms with Crippen LogP contribution in [0.2, 0.25) is 0 Å². The Bertz CT molecular complexity index is 248. The number of nitrogens with one attached hydrogen (secondary N) is 1. The first-order valence-corrected chi connectivity index (χ1v) is 4.43. The van der Waals surface area contributed by atoms with Gasteiger partial charge in [0, 0.05) is 23.5 Å². The zero-order chi connectivity index (χ0) is 8.97. The molecule has 0 spiro atoms. The molecule has 12 heavy (non-hydrogen) atoms. The first kappa shape index (κ1) is 8.99. The maximum atomic E-state index is 10.2. The Morgan fingerprint density at radius 2 is 2.67 bits per heavy atom. The van der Waals surface area contributed by atoms with Gasteiger partial charge in [-0.25, -0.2) is 4.79 Å². The molecule has 0 aliphatic rings. The number of rotatable bonds is 3. The number of nitrogens with zero attached hydrogens (tertiary/aromatic N) is 1. The minimum Gasteiger partial charge on any atom is -0.465 e. The summed E-state index contributed by atoms with van der Waals surface area (Å²) >= 11 is 1.53. The Balaban J connectivity index is 2.36. The molecule has 0 saturated heterocycles. The van der Waals surface area contributed by atoms with Crippen LogP contribution in [0.1, 0.15) is 11.8 Å². The predicted molar refractivity (Wildman–Crippen MR) is 46.4 cm³/mol. The zero-order valence-electron chi connectivity index (χ0n) is 6.65. The van der Waals surface area contributed by atoms with Crippen molar-refractivity contribution in [3.05, 3.63) is 16.6 Å². The van der Waals surface area contributed by atoms with Crippen LogP contribution < -0.4 is 5.32 Å². The molecule has 2 N–H and O–H groups in total. The molecule has 0 fully saturated rings. The lowest BCUT2D eigenvalue weighted by Crippen LogP contribution is -2.32. The summed E-state index contributed by atoms with van der Waals surface area (Å²) in [5.74, 6) is 0. The van der Waals surface area contributed by atoms with Crippen molar-refractivity contribution in [1.29, 1.82) is 0 Å². The maximum absolute atomic E-state index is 10.2. The Morgan fingerprint density at radius 1 is 1.92 bits per heavy atom. The average Bonchev–Trinajstić information content (AvgIpc) is 2.37. The van der Waals surface area contributed by atoms with Gasteiger partial charge < -0.3 is 10.4 Å². The van der Waals surface area contributed by atoms with Gasteiger partial charge in [0.15, 0.2) is 0 Å². The minimum absolute atomic E-state index is 0.0528. The van der Waals surface area contributed by atoms with Gasteiger partial charge in [0.1, 0.15) is 0 Å². The van der Waals surface area contributed by atoms with Gasteiger partial charge in [-0.15, -0.1) is 11.3 Å². The molecule has 1 aromatic heterocycles. The van der Waals surface area contributed by atoms with Crippen LogP contribution in [0.3, 0.4) is 0 Å². The molecule has 1 rings (SSSR count). The molecular weight excluding hydrogens is 176 g/mol. The van der Waals surface area contributed by atoms with Crippen molar-refractivity contribution in [2.45, 2.75) is 19.4 Å². The smallest absolute Gasteiger partial charge is 0.404 e. The summed E-state index contributed by atoms with van der Waals surface area (Å²) < 4.78 is 0. The lowest BCUT2D eigenvalue weighted by Gasteiger charge is -2.08. The fourth-order valence-electron chi connectivity index (χ4n) is 0.907. The van der Waals surface area contributed by atoms with Crippen LogP contribution >= 0.6 is 11.3 Å². The van der Waals surface area contributed by atoms with Crippen LogP contribution in [0.25, 0.3) is 0 Å². The van der Waals surface area contributed by atoms with E-state index in [1.165, 1.54) is 11.3 Å². The van der Waals surface area contributed by atoms with E-state index in [9.17, 15) is 4.79 Å². The van der Waals surface area contributed by atoms with Crippen molar-refractivity contribution in [2.24, 2.45) is 0 Å². The highest BCUT2D eigenvalue weighted by molar-refractivity contribution is 7.09. The molecule has 0 radical (unpaired) electrons. The van der Waals surface area contributed by atoms with Gasteiger partial charge in [0.2, 0.25) is 0 Å². The normalized spacial score (nSPS) is 12.4. The van der Waals surface area contributed by atoms with E-state index < -0.39 is 6.09 Å². The molecule has 5 heteroatoms. The molecule has 4 nitrogen and oxygen atoms in total. The lowest BCUT2D eigenvalue weighted by atomic mass is 10.2. The number of amides is 1. The van der Waals surface area contributed by atoms with Crippen molar-refractivity contribution in [3.8, 4) is 0 Å². The van der Waals surface area contributed by atoms with E-state index >= 15 is 0 Å². The largest absolute Gasteiger partial charge is 0.465 e. The Kier molecular flexibility index (Phi) is 3.04. The van der Waals surface area contributed by atoms with Crippen LogP contribution in [0.15, 0.2) is 11.7 Å². The highest BCUT2D eigenvalue weighted by atomic mass is 32.1. The molecule has 1 aromatic rings. The van der Waals surface area contributed by atoms with Gasteiger partial charge in [-0.05, 0) is 6.92 Å². The first-order valence-electron chi connectivity index (χ1n) is 3.55. The van der Waals surface area contributed by atoms with Crippen LogP contribution in [0, 0.1) is 0 Å². The predicted octanol–water partition coefficient (Wildman–Crippen LogP) is 1.34. The van der Waals surface area contributed by atoms with E-state index in [1.807, 2.05) is 6.92 Å². The van der Waals surface area contributed by atoms with E-state index in [1.54, 1.807) is 11.7 Å². The molecule has 1 atom stereocenters. The maximum Gasteiger partial charge on any atom is 0.404 e. The molecule has 0 aliphatic carbocycles. The molecule has 0 aliphatic heterocycles. The molecule has 66 valence electrons. The van der Waals surface area contributed by atoms with E-state index in [0.717, 1.165) is 4.88 Å². The molecule has 1 unspecified atom stereocenters. The molecule has 0 bridgehead atoms. The summed E-state index contributed by atoms with van der Waals surface area (Å²) in [5.41, 5.74) is 1.74. The molecule has 0 saturated carbocycles. The van der Waals surface area contributed by atoms with Crippen LogP contribution in [0.4, 0.5) is 4.79 Å². The Labute approximate surface area is 74.3 Å². The molecular formula is C7H10N2O2S. The van der Waals surface area contributed by atoms with Crippen LogP contribution in [-0.2, 0) is 6.42 Å². The summed E-state index contributed by atoms with van der Waals surface area (Å²) in [6, 6.07) is -0.0528. The summed E-state index contributed by atoms with van der Waals surface area (Å²) in [5, 5.41) is 10.8. The second kappa shape index (κ2) is 4.06. The van der Waals surface area contributed by atoms with E-state index in [2.05, 4.69) is 10.3 Å². The molecule has 1 amide bonds. The third-order valence-corrected chi connectivity index (χ3v) is 2.16. The standard InChI is InChI=1S/C7H10N2O2S/c1-5(9-7(10)11)2-6-3-8-4-12-6/h3-5,9H,2H2,1H3,(H,10,11). The SMILES string of the molecule is CC(Cc1cncs1)NC(=O)O. The van der Waals surface area contributed by atoms with E-state index in [0.29, 0.717) is 6.42 Å². The molecule has 1 heterocycles. The van der Waals surface area contributed by atoms with Crippen LogP contribution in [-0.4, -0.2) is 22.2 Å². The van der Waals surface area contributed by atoms with Crippen molar-refractivity contribution >= 4 is 17.4 Å². The third kappa shape index (κ3) is 2.87. The van der Waals surface area contributed by atoms with Gasteiger partial charge in [-0.2, -0.15) is 0 Å². The highest BCUT2D eigenvalue weighted by Gasteiger charge is 2.06. The fourth-order valence-corrected chi connectivity index (χ4v) is 1.63. The minimum atomic E-state index is -0.980. The van der Waals surface area contributed by atoms with Crippen LogP contribution in [0.5, 0.6) is 0 Å². The monoisotopic (exact) mass is 186 g/mol. The topological polar surface area (TPSA) is 62.2 Å². The quantitative estimate of drug-likeness (QED) is 0.748. The summed E-state index contributed by atoms with van der Waals surface area (Å²) in [4.78, 5) is 15.2. The summed E-state index contributed by atoms with van der Waals surface area (Å²) in [7, 11) is 0. The number of carbonyl (C=O) groups is 1. The van der Waals surface area contributed by atoms with Crippen molar-refractivity contribution in [1.82, 2.24) is 10.3 Å². The molecule has 0 aromatic carbocycles. The van der Waals surface area contributed by atoms with Gasteiger partial charge in [-0.1, -0.05) is 0 Å².